The van der Waals surface area contributed by atoms with Crippen molar-refractivity contribution in [2.75, 3.05) is 0 Å². The highest BCUT2D eigenvalue weighted by molar-refractivity contribution is 5.96. The van der Waals surface area contributed by atoms with E-state index >= 15 is 0 Å². The van der Waals surface area contributed by atoms with Gasteiger partial charge in [-0.15, -0.1) is 0 Å². The van der Waals surface area contributed by atoms with Crippen LogP contribution in [0, 0.1) is 28.6 Å². The van der Waals surface area contributed by atoms with Gasteiger partial charge in [0.25, 0.3) is 0 Å². The Morgan fingerprint density at radius 2 is 1.51 bits per heavy atom. The summed E-state index contributed by atoms with van der Waals surface area (Å²) in [6, 6.07) is 0. The minimum Gasteiger partial charge on any atom is -0.462 e. The van der Waals surface area contributed by atoms with Gasteiger partial charge in [-0.25, -0.2) is 0 Å². The number of hydrogen-bond donors (Lipinski definition) is 0. The van der Waals surface area contributed by atoms with Gasteiger partial charge in [-0.1, -0.05) is 77.7 Å². The summed E-state index contributed by atoms with van der Waals surface area (Å²) in [6.07, 6.45) is 19.5. The molecular weight excluding hydrogens is 436 g/mol. The van der Waals surface area contributed by atoms with Gasteiger partial charge in [-0.05, 0) is 61.9 Å². The van der Waals surface area contributed by atoms with E-state index in [1.165, 1.54) is 50.5 Å². The molecule has 0 bridgehead atoms. The molecule has 4 rings (SSSR count). The summed E-state index contributed by atoms with van der Waals surface area (Å²) < 4.78 is 5.89. The van der Waals surface area contributed by atoms with Gasteiger partial charge in [0.15, 0.2) is 5.78 Å². The zero-order valence-electron chi connectivity index (χ0n) is 22.5. The molecular formula is C31H48O4. The molecule has 3 fully saturated rings. The Labute approximate surface area is 213 Å². The number of rotatable bonds is 11. The average molecular weight is 485 g/mol. The standard InChI is InChI=1S/C31H48O4/c1-4-5-6-7-8-9-10-11-12-13-28(34)35-23-16-18-30(2)22(20-23)21-26(32)29-24-14-15-27(33)31(24,3)19-17-25(29)30/h21,23-25,29H,4-20H2,1-3H3/t23-,24-,25-,29-,30-,31-/m0/s1. The largest absolute Gasteiger partial charge is 0.462 e. The van der Waals surface area contributed by atoms with Gasteiger partial charge in [0, 0.05) is 30.6 Å². The van der Waals surface area contributed by atoms with Crippen LogP contribution in [0.4, 0.5) is 0 Å². The third kappa shape index (κ3) is 5.47. The fraction of sp³-hybridized carbons (Fsp3) is 0.839. The number of carbonyl (C=O) groups is 3. The molecule has 4 aliphatic rings. The third-order valence-corrected chi connectivity index (χ3v) is 10.4. The normalized spacial score (nSPS) is 36.3. The Kier molecular flexibility index (Phi) is 8.59. The average Bonchev–Trinajstić information content (AvgIpc) is 3.13. The quantitative estimate of drug-likeness (QED) is 0.225. The van der Waals surface area contributed by atoms with E-state index in [4.69, 9.17) is 4.74 Å². The number of ketones is 2. The molecule has 0 aliphatic heterocycles. The van der Waals surface area contributed by atoms with Crippen LogP contribution >= 0.6 is 0 Å². The maximum absolute atomic E-state index is 13.4. The molecule has 0 saturated heterocycles. The maximum Gasteiger partial charge on any atom is 0.306 e. The first-order chi connectivity index (χ1) is 16.8. The van der Waals surface area contributed by atoms with Crippen LogP contribution in [0.2, 0.25) is 0 Å². The summed E-state index contributed by atoms with van der Waals surface area (Å²) >= 11 is 0. The highest BCUT2D eigenvalue weighted by atomic mass is 16.5. The second-order valence-electron chi connectivity index (χ2n) is 12.6. The first kappa shape index (κ1) is 26.6. The predicted molar refractivity (Wildman–Crippen MR) is 139 cm³/mol. The number of esters is 1. The molecule has 0 aromatic rings. The van der Waals surface area contributed by atoms with Gasteiger partial charge < -0.3 is 4.74 Å². The molecule has 0 N–H and O–H groups in total. The van der Waals surface area contributed by atoms with Gasteiger partial charge in [0.05, 0.1) is 0 Å². The molecule has 0 spiro atoms. The maximum atomic E-state index is 13.4. The Hall–Kier alpha value is -1.45. The van der Waals surface area contributed by atoms with Crippen molar-refractivity contribution >= 4 is 17.5 Å². The Balaban J connectivity index is 1.25. The van der Waals surface area contributed by atoms with E-state index < -0.39 is 0 Å². The number of carbonyl (C=O) groups excluding carboxylic acids is 3. The number of allylic oxidation sites excluding steroid dienone is 1. The lowest BCUT2D eigenvalue weighted by atomic mass is 9.48. The summed E-state index contributed by atoms with van der Waals surface area (Å²) in [6.45, 7) is 6.70. The second-order valence-corrected chi connectivity index (χ2v) is 12.6. The van der Waals surface area contributed by atoms with E-state index in [-0.39, 0.29) is 40.5 Å². The molecule has 0 amide bonds. The lowest BCUT2D eigenvalue weighted by molar-refractivity contribution is -0.152. The molecule has 6 atom stereocenters. The van der Waals surface area contributed by atoms with Gasteiger partial charge in [0.1, 0.15) is 11.9 Å². The van der Waals surface area contributed by atoms with Gasteiger partial charge in [-0.2, -0.15) is 0 Å². The molecule has 0 aromatic carbocycles. The van der Waals surface area contributed by atoms with Crippen molar-refractivity contribution < 1.29 is 19.1 Å². The number of Topliss-reactive ketones (excluding diaryl/α,β-unsaturated/α-hetero) is 1. The van der Waals surface area contributed by atoms with Crippen LogP contribution in [0.25, 0.3) is 0 Å². The highest BCUT2D eigenvalue weighted by Crippen LogP contribution is 2.63. The van der Waals surface area contributed by atoms with Gasteiger partial charge in [-0.3, -0.25) is 14.4 Å². The van der Waals surface area contributed by atoms with E-state index in [9.17, 15) is 14.4 Å². The first-order valence-corrected chi connectivity index (χ1v) is 14.8. The molecule has 4 nitrogen and oxygen atoms in total. The molecule has 0 unspecified atom stereocenters. The number of unbranched alkanes of at least 4 members (excludes halogenated alkanes) is 8. The molecule has 4 heteroatoms. The third-order valence-electron chi connectivity index (χ3n) is 10.4. The van der Waals surface area contributed by atoms with E-state index in [0.717, 1.165) is 44.9 Å². The fourth-order valence-electron chi connectivity index (χ4n) is 8.07. The Bertz CT molecular complexity index is 828. The Morgan fingerprint density at radius 3 is 2.23 bits per heavy atom. The van der Waals surface area contributed by atoms with Crippen molar-refractivity contribution in [2.45, 2.75) is 136 Å². The summed E-state index contributed by atoms with van der Waals surface area (Å²) in [7, 11) is 0. The van der Waals surface area contributed by atoms with E-state index in [1.807, 2.05) is 6.08 Å². The smallest absolute Gasteiger partial charge is 0.306 e. The lowest BCUT2D eigenvalue weighted by Gasteiger charge is -2.56. The van der Waals surface area contributed by atoms with Crippen LogP contribution in [-0.4, -0.2) is 23.6 Å². The van der Waals surface area contributed by atoms with Crippen molar-refractivity contribution in [3.05, 3.63) is 11.6 Å². The van der Waals surface area contributed by atoms with Crippen LogP contribution in [-0.2, 0) is 19.1 Å². The topological polar surface area (TPSA) is 60.4 Å². The molecule has 35 heavy (non-hydrogen) atoms. The molecule has 196 valence electrons. The number of fused-ring (bicyclic) bond motifs is 5. The van der Waals surface area contributed by atoms with Crippen molar-refractivity contribution in [1.29, 1.82) is 0 Å². The van der Waals surface area contributed by atoms with Crippen LogP contribution in [0.1, 0.15) is 130 Å². The van der Waals surface area contributed by atoms with Crippen molar-refractivity contribution in [2.24, 2.45) is 28.6 Å². The fourth-order valence-corrected chi connectivity index (χ4v) is 8.07. The van der Waals surface area contributed by atoms with Crippen molar-refractivity contribution in [1.82, 2.24) is 0 Å². The number of hydrogen-bond acceptors (Lipinski definition) is 4. The van der Waals surface area contributed by atoms with Crippen molar-refractivity contribution in [3.8, 4) is 0 Å². The SMILES string of the molecule is CCCCCCCCCCCC(=O)O[C@H]1CC[C@@]2(C)C(=CC(=O)[C@@H]3[C@@H]2CC[C@]2(C)C(=O)CC[C@@H]32)C1. The summed E-state index contributed by atoms with van der Waals surface area (Å²) in [5.41, 5.74) is 0.912. The molecule has 0 aromatic heterocycles. The summed E-state index contributed by atoms with van der Waals surface area (Å²) in [4.78, 5) is 38.5. The zero-order valence-corrected chi connectivity index (χ0v) is 22.5. The second kappa shape index (κ2) is 11.3. The summed E-state index contributed by atoms with van der Waals surface area (Å²) in [5, 5.41) is 0. The number of ether oxygens (including phenoxy) is 1. The van der Waals surface area contributed by atoms with Crippen LogP contribution < -0.4 is 0 Å². The molecule has 0 radical (unpaired) electrons. The van der Waals surface area contributed by atoms with Crippen LogP contribution in [0.5, 0.6) is 0 Å². The molecule has 0 heterocycles. The zero-order chi connectivity index (χ0) is 25.1. The first-order valence-electron chi connectivity index (χ1n) is 14.8. The van der Waals surface area contributed by atoms with Crippen LogP contribution in [0.3, 0.4) is 0 Å². The van der Waals surface area contributed by atoms with Gasteiger partial charge in [0.2, 0.25) is 0 Å². The highest BCUT2D eigenvalue weighted by Gasteiger charge is 2.61. The van der Waals surface area contributed by atoms with Crippen molar-refractivity contribution in [3.63, 3.8) is 0 Å². The van der Waals surface area contributed by atoms with E-state index in [2.05, 4.69) is 20.8 Å². The van der Waals surface area contributed by atoms with Gasteiger partial charge >= 0.3 is 5.97 Å². The van der Waals surface area contributed by atoms with Crippen LogP contribution in [0.15, 0.2) is 11.6 Å². The minimum absolute atomic E-state index is 0.000282. The monoisotopic (exact) mass is 484 g/mol. The van der Waals surface area contributed by atoms with E-state index in [1.54, 1.807) is 0 Å². The summed E-state index contributed by atoms with van der Waals surface area (Å²) in [5.74, 6) is 1.08. The molecule has 3 saturated carbocycles. The minimum atomic E-state index is -0.291. The Morgan fingerprint density at radius 1 is 0.886 bits per heavy atom. The predicted octanol–water partition coefficient (Wildman–Crippen LogP) is 7.53. The lowest BCUT2D eigenvalue weighted by Crippen LogP contribution is -2.53. The van der Waals surface area contributed by atoms with E-state index in [0.29, 0.717) is 31.0 Å². The molecule has 4 aliphatic carbocycles.